The van der Waals surface area contributed by atoms with Crippen LogP contribution in [-0.2, 0) is 27.9 Å². The van der Waals surface area contributed by atoms with Gasteiger partial charge >= 0.3 is 19.8 Å². The number of benzene rings is 1. The van der Waals surface area contributed by atoms with Gasteiger partial charge < -0.3 is 19.1 Å². The maximum atomic E-state index is 13.4. The highest BCUT2D eigenvalue weighted by Gasteiger charge is 2.58. The number of aliphatic hydroxyl groups is 1. The summed E-state index contributed by atoms with van der Waals surface area (Å²) < 4.78 is 39.9. The Balaban J connectivity index is 1.55. The molecule has 0 radical (unpaired) electrons. The van der Waals surface area contributed by atoms with E-state index in [0.29, 0.717) is 12.0 Å². The number of rotatable bonds is 11. The van der Waals surface area contributed by atoms with Crippen LogP contribution in [0.1, 0.15) is 63.7 Å². The third kappa shape index (κ3) is 6.38. The molecule has 2 unspecified atom stereocenters. The second-order valence-corrected chi connectivity index (χ2v) is 13.0. The first-order chi connectivity index (χ1) is 19.5. The predicted octanol–water partition coefficient (Wildman–Crippen LogP) is 6.19. The summed E-state index contributed by atoms with van der Waals surface area (Å²) in [6.45, 7) is 12.3. The van der Waals surface area contributed by atoms with Crippen LogP contribution in [0.15, 0.2) is 60.2 Å². The number of carbonyl (C=O) groups is 2. The van der Waals surface area contributed by atoms with Gasteiger partial charge in [0, 0.05) is 11.3 Å². The van der Waals surface area contributed by atoms with Crippen LogP contribution in [0.3, 0.4) is 0 Å². The van der Waals surface area contributed by atoms with Crippen molar-refractivity contribution in [2.24, 2.45) is 22.7 Å². The lowest BCUT2D eigenvalue weighted by Gasteiger charge is -2.59. The van der Waals surface area contributed by atoms with Gasteiger partial charge in [-0.2, -0.15) is 0 Å². The van der Waals surface area contributed by atoms with E-state index in [-0.39, 0.29) is 61.0 Å². The topological polar surface area (TPSA) is 118 Å². The van der Waals surface area contributed by atoms with Crippen LogP contribution in [0.2, 0.25) is 0 Å². The van der Waals surface area contributed by atoms with Crippen LogP contribution in [0.25, 0.3) is 0 Å². The molecule has 1 aliphatic heterocycles. The molecular formula is C31H41O9P. The summed E-state index contributed by atoms with van der Waals surface area (Å²) in [5.74, 6) is -0.967. The molecule has 1 N–H and O–H groups in total. The minimum Gasteiger partial charge on any atom is -0.461 e. The van der Waals surface area contributed by atoms with Crippen molar-refractivity contribution in [3.05, 3.63) is 65.8 Å². The van der Waals surface area contributed by atoms with E-state index in [1.54, 1.807) is 32.1 Å². The van der Waals surface area contributed by atoms with Gasteiger partial charge in [0.25, 0.3) is 0 Å². The first-order valence-electron chi connectivity index (χ1n) is 14.2. The lowest BCUT2D eigenvalue weighted by Crippen LogP contribution is -2.57. The zero-order valence-corrected chi connectivity index (χ0v) is 25.2. The van der Waals surface area contributed by atoms with E-state index >= 15 is 0 Å². The van der Waals surface area contributed by atoms with E-state index < -0.39 is 25.3 Å². The summed E-state index contributed by atoms with van der Waals surface area (Å²) in [6, 6.07) is 6.34. The maximum Gasteiger partial charge on any atom is 0.530 e. The number of phosphoric ester groups is 1. The number of ether oxygens (including phenoxy) is 2. The van der Waals surface area contributed by atoms with Crippen LogP contribution in [-0.4, -0.2) is 49.6 Å². The van der Waals surface area contributed by atoms with Gasteiger partial charge in [-0.1, -0.05) is 50.3 Å². The molecule has 0 spiro atoms. The van der Waals surface area contributed by atoms with Crippen LogP contribution in [0.4, 0.5) is 0 Å². The van der Waals surface area contributed by atoms with E-state index in [2.05, 4.69) is 13.5 Å². The van der Waals surface area contributed by atoms with Crippen LogP contribution in [0.5, 0.6) is 5.75 Å². The maximum absolute atomic E-state index is 13.4. The summed E-state index contributed by atoms with van der Waals surface area (Å²) in [4.78, 5) is 25.3. The molecule has 0 amide bonds. The third-order valence-electron chi connectivity index (χ3n) is 8.84. The number of esters is 2. The summed E-state index contributed by atoms with van der Waals surface area (Å²) in [5, 5.41) is 11.3. The Morgan fingerprint density at radius 1 is 1.20 bits per heavy atom. The largest absolute Gasteiger partial charge is 0.530 e. The summed E-state index contributed by atoms with van der Waals surface area (Å²) in [7, 11) is -3.93. The minimum atomic E-state index is -3.93. The molecule has 3 aliphatic rings. The molecule has 1 aromatic carbocycles. The highest BCUT2D eigenvalue weighted by atomic mass is 31.2. The SMILES string of the molecule is C=C1CCC2[C@](C)(CC[C@@H](O)[C@@]2(C)COC(=O)c2ccccc2OP(=O)(OCC)OCC)C1/C=C/C1=CCOC1=O. The molecule has 0 aromatic heterocycles. The summed E-state index contributed by atoms with van der Waals surface area (Å²) >= 11 is 0. The van der Waals surface area contributed by atoms with E-state index in [4.69, 9.17) is 23.0 Å². The Bertz CT molecular complexity index is 1260. The number of cyclic esters (lactones) is 1. The number of hydrogen-bond acceptors (Lipinski definition) is 9. The van der Waals surface area contributed by atoms with Crippen molar-refractivity contribution in [1.29, 1.82) is 0 Å². The van der Waals surface area contributed by atoms with Crippen molar-refractivity contribution in [1.82, 2.24) is 0 Å². The first kappa shape index (κ1) is 31.2. The molecule has 0 bridgehead atoms. The minimum absolute atomic E-state index is 0.0128. The fourth-order valence-corrected chi connectivity index (χ4v) is 7.94. The van der Waals surface area contributed by atoms with Gasteiger partial charge in [0.05, 0.1) is 31.5 Å². The van der Waals surface area contributed by atoms with Crippen LogP contribution < -0.4 is 4.52 Å². The van der Waals surface area contributed by atoms with Crippen LogP contribution >= 0.6 is 7.82 Å². The monoisotopic (exact) mass is 588 g/mol. The summed E-state index contributed by atoms with van der Waals surface area (Å²) in [5.41, 5.74) is 0.705. The molecule has 41 heavy (non-hydrogen) atoms. The predicted molar refractivity (Wildman–Crippen MR) is 153 cm³/mol. The second kappa shape index (κ2) is 12.7. The number of fused-ring (bicyclic) bond motifs is 1. The van der Waals surface area contributed by atoms with E-state index in [0.717, 1.165) is 24.8 Å². The number of para-hydroxylation sites is 1. The number of allylic oxidation sites excluding steroid dienone is 2. The molecule has 224 valence electrons. The molecule has 2 aliphatic carbocycles. The Hall–Kier alpha value is -2.71. The zero-order chi connectivity index (χ0) is 29.8. The number of aliphatic hydroxyl groups excluding tert-OH is 1. The molecule has 10 heteroatoms. The smallest absolute Gasteiger partial charge is 0.461 e. The fraction of sp³-hybridized carbons (Fsp3) is 0.548. The Labute approximate surface area is 242 Å². The van der Waals surface area contributed by atoms with Crippen LogP contribution in [0, 0.1) is 22.7 Å². The standard InChI is InChI=1S/C31H41O9P/c1-6-38-41(35,39-7-2)40-25-11-9-8-10-23(25)29(34)37-20-31(5)26-15-12-21(3)24(30(26,4)18-16-27(31)32)14-13-22-17-19-36-28(22)33/h8-11,13-14,17,24,26-27,32H,3,6-7,12,15-16,18-20H2,1-2,4-5H3/b14-13+/t24?,26?,27-,30-,31+/m1/s1. The third-order valence-corrected chi connectivity index (χ3v) is 10.4. The van der Waals surface area contributed by atoms with Crippen molar-refractivity contribution in [2.45, 2.75) is 59.5 Å². The highest BCUT2D eigenvalue weighted by Crippen LogP contribution is 2.61. The highest BCUT2D eigenvalue weighted by molar-refractivity contribution is 7.48. The van der Waals surface area contributed by atoms with E-state index in [9.17, 15) is 19.3 Å². The van der Waals surface area contributed by atoms with Crippen molar-refractivity contribution < 1.29 is 42.3 Å². The van der Waals surface area contributed by atoms with Gasteiger partial charge in [0.15, 0.2) is 0 Å². The van der Waals surface area contributed by atoms with Gasteiger partial charge in [-0.15, -0.1) is 0 Å². The first-order valence-corrected chi connectivity index (χ1v) is 15.7. The quantitative estimate of drug-likeness (QED) is 0.183. The van der Waals surface area contributed by atoms with Crippen molar-refractivity contribution in [3.63, 3.8) is 0 Å². The van der Waals surface area contributed by atoms with Crippen molar-refractivity contribution in [2.75, 3.05) is 26.4 Å². The zero-order valence-electron chi connectivity index (χ0n) is 24.3. The molecule has 4 rings (SSSR count). The molecule has 9 nitrogen and oxygen atoms in total. The van der Waals surface area contributed by atoms with E-state index in [1.165, 1.54) is 12.1 Å². The molecule has 1 heterocycles. The Kier molecular flexibility index (Phi) is 9.64. The number of hydrogen-bond donors (Lipinski definition) is 1. The molecule has 1 aromatic rings. The van der Waals surface area contributed by atoms with Gasteiger partial charge in [0.2, 0.25) is 0 Å². The molecule has 2 fully saturated rings. The van der Waals surface area contributed by atoms with E-state index in [1.807, 2.05) is 19.1 Å². The summed E-state index contributed by atoms with van der Waals surface area (Å²) in [6.07, 6.45) is 7.80. The van der Waals surface area contributed by atoms with Gasteiger partial charge in [-0.25, -0.2) is 14.2 Å². The lowest BCUT2D eigenvalue weighted by atomic mass is 9.46. The average Bonchev–Trinajstić information content (AvgIpc) is 3.34. The molecular weight excluding hydrogens is 547 g/mol. The number of carbonyl (C=O) groups excluding carboxylic acids is 2. The molecule has 0 saturated heterocycles. The fourth-order valence-electron chi connectivity index (χ4n) is 6.72. The molecule has 2 saturated carbocycles. The van der Waals surface area contributed by atoms with Crippen molar-refractivity contribution >= 4 is 19.8 Å². The lowest BCUT2D eigenvalue weighted by molar-refractivity contribution is -0.147. The average molecular weight is 589 g/mol. The molecule has 5 atom stereocenters. The Morgan fingerprint density at radius 3 is 2.56 bits per heavy atom. The van der Waals surface area contributed by atoms with Gasteiger partial charge in [0.1, 0.15) is 17.9 Å². The van der Waals surface area contributed by atoms with Gasteiger partial charge in [-0.3, -0.25) is 9.05 Å². The van der Waals surface area contributed by atoms with Crippen molar-refractivity contribution in [3.8, 4) is 5.75 Å². The van der Waals surface area contributed by atoms with Gasteiger partial charge in [-0.05, 0) is 69.1 Å². The Morgan fingerprint density at radius 2 is 1.90 bits per heavy atom. The normalized spacial score (nSPS) is 30.1. The number of phosphoric acid groups is 1. The second-order valence-electron chi connectivity index (χ2n) is 11.4.